The summed E-state index contributed by atoms with van der Waals surface area (Å²) in [5, 5.41) is 26.3. The fraction of sp³-hybridized carbons (Fsp3) is 0.222. The van der Waals surface area contributed by atoms with Crippen molar-refractivity contribution in [1.82, 2.24) is 30.6 Å². The molecular formula is C54H51N7O3. The predicted octanol–water partition coefficient (Wildman–Crippen LogP) is 14.2. The van der Waals surface area contributed by atoms with Crippen molar-refractivity contribution in [1.29, 1.82) is 0 Å². The maximum absolute atomic E-state index is 6.18. The van der Waals surface area contributed by atoms with Crippen LogP contribution in [-0.2, 0) is 16.2 Å². The summed E-state index contributed by atoms with van der Waals surface area (Å²) < 4.78 is 18.5. The average Bonchev–Trinajstić information content (AvgIpc) is 4.10. The van der Waals surface area contributed by atoms with Crippen LogP contribution >= 0.6 is 0 Å². The molecule has 9 rings (SSSR count). The molecule has 320 valence electrons. The molecule has 3 aromatic heterocycles. The Bertz CT molecular complexity index is 2670. The van der Waals surface area contributed by atoms with Crippen LogP contribution in [0.2, 0.25) is 0 Å². The first-order chi connectivity index (χ1) is 30.6. The van der Waals surface area contributed by atoms with Gasteiger partial charge in [-0.3, -0.25) is 0 Å². The highest BCUT2D eigenvalue weighted by molar-refractivity contribution is 5.80. The Balaban J connectivity index is 1.00. The van der Waals surface area contributed by atoms with Crippen LogP contribution in [0, 0.1) is 0 Å². The summed E-state index contributed by atoms with van der Waals surface area (Å²) in [4.78, 5) is 2.17. The molecule has 0 radical (unpaired) electrons. The van der Waals surface area contributed by atoms with Gasteiger partial charge in [0.2, 0.25) is 35.3 Å². The highest BCUT2D eigenvalue weighted by Crippen LogP contribution is 2.39. The van der Waals surface area contributed by atoms with Gasteiger partial charge >= 0.3 is 0 Å². The van der Waals surface area contributed by atoms with Gasteiger partial charge in [-0.1, -0.05) is 98.7 Å². The molecule has 0 bridgehead atoms. The Hall–Kier alpha value is -7.46. The molecule has 6 aromatic carbocycles. The normalized spacial score (nSPS) is 12.1. The van der Waals surface area contributed by atoms with Crippen molar-refractivity contribution in [2.75, 3.05) is 4.90 Å². The van der Waals surface area contributed by atoms with Crippen molar-refractivity contribution in [2.45, 2.75) is 78.6 Å². The first-order valence-corrected chi connectivity index (χ1v) is 21.5. The molecule has 10 heteroatoms. The van der Waals surface area contributed by atoms with E-state index in [0.29, 0.717) is 35.3 Å². The van der Waals surface area contributed by atoms with Crippen molar-refractivity contribution >= 4 is 17.1 Å². The minimum absolute atomic E-state index is 0.0497. The molecule has 9 aromatic rings. The number of nitrogens with zero attached hydrogens (tertiary/aromatic N) is 7. The van der Waals surface area contributed by atoms with Crippen molar-refractivity contribution < 1.29 is 13.3 Å². The van der Waals surface area contributed by atoms with Gasteiger partial charge in [-0.25, -0.2) is 0 Å². The highest BCUT2D eigenvalue weighted by Gasteiger charge is 2.21. The molecule has 0 aliphatic heterocycles. The summed E-state index contributed by atoms with van der Waals surface area (Å²) in [6, 6.07) is 49.1. The van der Waals surface area contributed by atoms with Gasteiger partial charge in [-0.2, -0.15) is 0 Å². The Morgan fingerprint density at radius 3 is 0.609 bits per heavy atom. The van der Waals surface area contributed by atoms with E-state index in [1.165, 1.54) is 16.7 Å². The van der Waals surface area contributed by atoms with E-state index in [1.54, 1.807) is 0 Å². The van der Waals surface area contributed by atoms with Gasteiger partial charge in [0.1, 0.15) is 0 Å². The van der Waals surface area contributed by atoms with Gasteiger partial charge in [-0.05, 0) is 142 Å². The summed E-state index contributed by atoms with van der Waals surface area (Å²) in [6.07, 6.45) is 0. The summed E-state index contributed by atoms with van der Waals surface area (Å²) >= 11 is 0. The minimum Gasteiger partial charge on any atom is -0.416 e. The monoisotopic (exact) mass is 845 g/mol. The lowest BCUT2D eigenvalue weighted by Crippen LogP contribution is -2.10. The lowest BCUT2D eigenvalue weighted by atomic mass is 9.87. The summed E-state index contributed by atoms with van der Waals surface area (Å²) in [6.45, 7) is 19.8. The second-order valence-electron chi connectivity index (χ2n) is 19.2. The summed E-state index contributed by atoms with van der Waals surface area (Å²) in [7, 11) is 0. The average molecular weight is 846 g/mol. The molecule has 0 N–H and O–H groups in total. The standard InChI is InChI=1S/C54H51N7O3/c1-52(2,3)40-22-10-34(11-23-40)46-55-58-49(62-46)37-16-28-43(29-17-37)61(44-30-18-38(19-31-44)50-59-56-47(63-50)35-12-24-41(25-13-35)53(4,5)6)45-32-20-39(21-33-45)51-60-57-48(64-51)36-14-26-42(27-15-36)54(7,8)9/h10-33H,1-9H3. The van der Waals surface area contributed by atoms with Crippen LogP contribution in [0.3, 0.4) is 0 Å². The van der Waals surface area contributed by atoms with Gasteiger partial charge in [0.15, 0.2) is 0 Å². The molecule has 64 heavy (non-hydrogen) atoms. The van der Waals surface area contributed by atoms with Crippen LogP contribution < -0.4 is 4.90 Å². The van der Waals surface area contributed by atoms with E-state index in [0.717, 1.165) is 50.4 Å². The molecule has 0 saturated heterocycles. The number of hydrogen-bond acceptors (Lipinski definition) is 10. The number of benzene rings is 6. The molecule has 0 aliphatic carbocycles. The quantitative estimate of drug-likeness (QED) is 0.139. The van der Waals surface area contributed by atoms with Crippen LogP contribution in [0.5, 0.6) is 0 Å². The second-order valence-corrected chi connectivity index (χ2v) is 19.2. The van der Waals surface area contributed by atoms with Crippen molar-refractivity contribution in [3.8, 4) is 68.7 Å². The minimum atomic E-state index is 0.0497. The van der Waals surface area contributed by atoms with Crippen LogP contribution in [0.4, 0.5) is 17.1 Å². The fourth-order valence-corrected chi connectivity index (χ4v) is 7.41. The fourth-order valence-electron chi connectivity index (χ4n) is 7.41. The molecule has 0 atom stereocenters. The molecule has 10 nitrogen and oxygen atoms in total. The number of hydrogen-bond donors (Lipinski definition) is 0. The van der Waals surface area contributed by atoms with E-state index < -0.39 is 0 Å². The molecule has 0 fully saturated rings. The summed E-state index contributed by atoms with van der Waals surface area (Å²) in [5.74, 6) is 2.74. The predicted molar refractivity (Wildman–Crippen MR) is 253 cm³/mol. The molecular weight excluding hydrogens is 795 g/mol. The molecule has 0 spiro atoms. The lowest BCUT2D eigenvalue weighted by molar-refractivity contribution is 0.582. The van der Waals surface area contributed by atoms with Crippen molar-refractivity contribution in [3.63, 3.8) is 0 Å². The topological polar surface area (TPSA) is 120 Å². The Labute approximate surface area is 374 Å². The largest absolute Gasteiger partial charge is 0.416 e. The third-order valence-corrected chi connectivity index (χ3v) is 11.4. The van der Waals surface area contributed by atoms with Crippen molar-refractivity contribution in [3.05, 3.63) is 162 Å². The number of aromatic nitrogens is 6. The molecule has 0 amide bonds. The zero-order valence-corrected chi connectivity index (χ0v) is 37.7. The third kappa shape index (κ3) is 8.77. The zero-order valence-electron chi connectivity index (χ0n) is 37.7. The lowest BCUT2D eigenvalue weighted by Gasteiger charge is -2.25. The molecule has 0 aliphatic rings. The van der Waals surface area contributed by atoms with E-state index in [2.05, 4.69) is 134 Å². The van der Waals surface area contributed by atoms with Crippen LogP contribution in [0.15, 0.2) is 159 Å². The number of anilines is 3. The molecule has 0 saturated carbocycles. The van der Waals surface area contributed by atoms with E-state index in [4.69, 9.17) is 13.3 Å². The van der Waals surface area contributed by atoms with Gasteiger partial charge in [0, 0.05) is 50.4 Å². The maximum Gasteiger partial charge on any atom is 0.248 e. The van der Waals surface area contributed by atoms with E-state index in [1.807, 2.05) is 109 Å². The van der Waals surface area contributed by atoms with Crippen LogP contribution in [0.1, 0.15) is 79.0 Å². The second kappa shape index (κ2) is 16.3. The zero-order chi connectivity index (χ0) is 44.8. The van der Waals surface area contributed by atoms with E-state index in [-0.39, 0.29) is 16.2 Å². The number of rotatable bonds is 9. The van der Waals surface area contributed by atoms with Crippen molar-refractivity contribution in [2.24, 2.45) is 0 Å². The van der Waals surface area contributed by atoms with E-state index in [9.17, 15) is 0 Å². The van der Waals surface area contributed by atoms with Gasteiger partial charge in [0.05, 0.1) is 0 Å². The van der Waals surface area contributed by atoms with Gasteiger partial charge in [0.25, 0.3) is 0 Å². The SMILES string of the molecule is CC(C)(C)c1ccc(-c2nnc(-c3ccc(N(c4ccc(-c5nnc(-c6ccc(C(C)(C)C)cc6)o5)cc4)c4ccc(-c5nnc(-c6ccc(C(C)(C)C)cc6)o5)cc4)cc3)o2)cc1. The first kappa shape index (κ1) is 41.9. The first-order valence-electron chi connectivity index (χ1n) is 21.5. The molecule has 3 heterocycles. The Kier molecular flexibility index (Phi) is 10.7. The third-order valence-electron chi connectivity index (χ3n) is 11.4. The van der Waals surface area contributed by atoms with Gasteiger partial charge in [-0.15, -0.1) is 30.6 Å². The Morgan fingerprint density at radius 1 is 0.266 bits per heavy atom. The highest BCUT2D eigenvalue weighted by atomic mass is 16.4. The Morgan fingerprint density at radius 2 is 0.438 bits per heavy atom. The van der Waals surface area contributed by atoms with Gasteiger partial charge < -0.3 is 18.2 Å². The van der Waals surface area contributed by atoms with Crippen LogP contribution in [0.25, 0.3) is 68.7 Å². The molecule has 0 unspecified atom stereocenters. The summed E-state index contributed by atoms with van der Waals surface area (Å²) in [5.41, 5.74) is 11.7. The smallest absolute Gasteiger partial charge is 0.248 e. The van der Waals surface area contributed by atoms with E-state index >= 15 is 0 Å². The maximum atomic E-state index is 6.18. The van der Waals surface area contributed by atoms with Crippen LogP contribution in [-0.4, -0.2) is 30.6 Å².